The Hall–Kier alpha value is -1.56. The van der Waals surface area contributed by atoms with Crippen LogP contribution in [0, 0.1) is 5.92 Å². The second-order valence-corrected chi connectivity index (χ2v) is 7.06. The van der Waals surface area contributed by atoms with E-state index >= 15 is 0 Å². The maximum atomic E-state index is 11.0. The predicted octanol–water partition coefficient (Wildman–Crippen LogP) is 1.13. The highest BCUT2D eigenvalue weighted by atomic mass is 32.2. The van der Waals surface area contributed by atoms with Crippen molar-refractivity contribution in [3.63, 3.8) is 0 Å². The Morgan fingerprint density at radius 3 is 2.42 bits per heavy atom. The van der Waals surface area contributed by atoms with Gasteiger partial charge in [0.2, 0.25) is 0 Å². The van der Waals surface area contributed by atoms with Crippen molar-refractivity contribution in [1.29, 1.82) is 0 Å². The Bertz CT molecular complexity index is 549. The van der Waals surface area contributed by atoms with Crippen LogP contribution in [0.25, 0.3) is 0 Å². The minimum atomic E-state index is -2.87. The van der Waals surface area contributed by atoms with Crippen LogP contribution in [0.15, 0.2) is 24.3 Å². The summed E-state index contributed by atoms with van der Waals surface area (Å²) in [5, 5.41) is 8.82. The van der Waals surface area contributed by atoms with Crippen LogP contribution in [0.2, 0.25) is 0 Å². The molecule has 1 fully saturated rings. The van der Waals surface area contributed by atoms with E-state index in [9.17, 15) is 13.2 Å². The highest BCUT2D eigenvalue weighted by molar-refractivity contribution is 7.92. The van der Waals surface area contributed by atoms with E-state index in [-0.39, 0.29) is 17.6 Å². The molecule has 0 spiro atoms. The monoisotopic (exact) mass is 284 g/mol. The summed E-state index contributed by atoms with van der Waals surface area (Å²) in [5.74, 6) is -0.481. The first-order chi connectivity index (χ1) is 8.85. The number of aliphatic carboxylic acids is 1. The van der Waals surface area contributed by atoms with E-state index in [1.807, 2.05) is 12.1 Å². The summed E-state index contributed by atoms with van der Waals surface area (Å²) in [6.07, 6.45) is 0.210. The molecule has 0 saturated carbocycles. The SMILES string of the molecule is CC(Cc1ccc(OC2CS(=O)(=O)C2)cc1)C(=O)O. The molecule has 6 heteroatoms. The van der Waals surface area contributed by atoms with Crippen LogP contribution in [0.1, 0.15) is 12.5 Å². The number of carboxylic acid groups (broad SMARTS) is 1. The van der Waals surface area contributed by atoms with E-state index in [2.05, 4.69) is 0 Å². The van der Waals surface area contributed by atoms with Crippen molar-refractivity contribution in [3.8, 4) is 5.75 Å². The fourth-order valence-electron chi connectivity index (χ4n) is 1.92. The molecule has 1 N–H and O–H groups in total. The van der Waals surface area contributed by atoms with E-state index in [1.54, 1.807) is 19.1 Å². The highest BCUT2D eigenvalue weighted by Gasteiger charge is 2.35. The molecule has 1 aliphatic rings. The molecule has 2 rings (SSSR count). The Morgan fingerprint density at radius 1 is 1.37 bits per heavy atom. The minimum Gasteiger partial charge on any atom is -0.488 e. The summed E-state index contributed by atoms with van der Waals surface area (Å²) < 4.78 is 27.5. The fraction of sp³-hybridized carbons (Fsp3) is 0.462. The third kappa shape index (κ3) is 3.70. The van der Waals surface area contributed by atoms with Gasteiger partial charge in [0.1, 0.15) is 11.9 Å². The van der Waals surface area contributed by atoms with Gasteiger partial charge in [-0.05, 0) is 24.1 Å². The van der Waals surface area contributed by atoms with Crippen LogP contribution in [0.4, 0.5) is 0 Å². The Morgan fingerprint density at radius 2 is 1.95 bits per heavy atom. The van der Waals surface area contributed by atoms with Gasteiger partial charge in [0.25, 0.3) is 0 Å². The maximum Gasteiger partial charge on any atom is 0.306 e. The standard InChI is InChI=1S/C13H16O5S/c1-9(13(14)15)6-10-2-4-11(5-3-10)18-12-7-19(16,17)8-12/h2-5,9,12H,6-8H2,1H3,(H,14,15). The van der Waals surface area contributed by atoms with Gasteiger partial charge in [-0.1, -0.05) is 19.1 Å². The third-order valence-electron chi connectivity index (χ3n) is 3.07. The van der Waals surface area contributed by atoms with Crippen LogP contribution in [-0.4, -0.2) is 37.1 Å². The van der Waals surface area contributed by atoms with Gasteiger partial charge in [-0.3, -0.25) is 4.79 Å². The zero-order chi connectivity index (χ0) is 14.0. The zero-order valence-electron chi connectivity index (χ0n) is 10.6. The summed E-state index contributed by atoms with van der Waals surface area (Å²) in [7, 11) is -2.87. The smallest absolute Gasteiger partial charge is 0.306 e. The molecule has 0 radical (unpaired) electrons. The number of hydrogen-bond donors (Lipinski definition) is 1. The van der Waals surface area contributed by atoms with E-state index in [1.165, 1.54) is 0 Å². The first-order valence-electron chi connectivity index (χ1n) is 6.04. The van der Waals surface area contributed by atoms with E-state index in [0.717, 1.165) is 5.56 Å². The topological polar surface area (TPSA) is 80.7 Å². The summed E-state index contributed by atoms with van der Waals surface area (Å²) in [6, 6.07) is 7.10. The molecule has 1 atom stereocenters. The Labute approximate surface area is 112 Å². The largest absolute Gasteiger partial charge is 0.488 e. The van der Waals surface area contributed by atoms with E-state index < -0.39 is 21.7 Å². The van der Waals surface area contributed by atoms with Crippen molar-refractivity contribution in [3.05, 3.63) is 29.8 Å². The molecule has 1 heterocycles. The van der Waals surface area contributed by atoms with Crippen molar-refractivity contribution < 1.29 is 23.1 Å². The lowest BCUT2D eigenvalue weighted by Gasteiger charge is -2.26. The normalized spacial score (nSPS) is 19.4. The molecule has 0 aliphatic carbocycles. The average Bonchev–Trinajstić information content (AvgIpc) is 2.29. The van der Waals surface area contributed by atoms with Crippen molar-refractivity contribution >= 4 is 15.8 Å². The van der Waals surface area contributed by atoms with Crippen LogP contribution >= 0.6 is 0 Å². The summed E-state index contributed by atoms with van der Waals surface area (Å²) in [5.41, 5.74) is 0.920. The number of carbonyl (C=O) groups is 1. The van der Waals surface area contributed by atoms with Crippen LogP contribution in [0.5, 0.6) is 5.75 Å². The molecule has 1 unspecified atom stereocenters. The molecule has 0 amide bonds. The molecule has 1 aliphatic heterocycles. The number of sulfone groups is 1. The van der Waals surface area contributed by atoms with Crippen molar-refractivity contribution in [1.82, 2.24) is 0 Å². The van der Waals surface area contributed by atoms with Gasteiger partial charge in [-0.2, -0.15) is 0 Å². The van der Waals surface area contributed by atoms with Gasteiger partial charge in [0.05, 0.1) is 17.4 Å². The molecule has 19 heavy (non-hydrogen) atoms. The lowest BCUT2D eigenvalue weighted by Crippen LogP contribution is -2.45. The molecular formula is C13H16O5S. The lowest BCUT2D eigenvalue weighted by molar-refractivity contribution is -0.141. The molecule has 5 nitrogen and oxygen atoms in total. The summed E-state index contributed by atoms with van der Waals surface area (Å²) in [4.78, 5) is 10.7. The molecule has 1 aromatic carbocycles. The minimum absolute atomic E-state index is 0.0742. The van der Waals surface area contributed by atoms with E-state index in [0.29, 0.717) is 12.2 Å². The molecule has 0 aromatic heterocycles. The Balaban J connectivity index is 1.90. The molecule has 0 bridgehead atoms. The van der Waals surface area contributed by atoms with Crippen molar-refractivity contribution in [2.24, 2.45) is 5.92 Å². The van der Waals surface area contributed by atoms with Gasteiger partial charge >= 0.3 is 5.97 Å². The summed E-state index contributed by atoms with van der Waals surface area (Å²) in [6.45, 7) is 1.66. The number of ether oxygens (including phenoxy) is 1. The number of hydrogen-bond acceptors (Lipinski definition) is 4. The number of benzene rings is 1. The quantitative estimate of drug-likeness (QED) is 0.876. The molecule has 1 aromatic rings. The Kier molecular flexibility index (Phi) is 3.80. The van der Waals surface area contributed by atoms with E-state index in [4.69, 9.17) is 9.84 Å². The van der Waals surface area contributed by atoms with Crippen molar-refractivity contribution in [2.45, 2.75) is 19.4 Å². The third-order valence-corrected chi connectivity index (χ3v) is 4.83. The maximum absolute atomic E-state index is 11.0. The summed E-state index contributed by atoms with van der Waals surface area (Å²) >= 11 is 0. The number of carboxylic acids is 1. The number of rotatable bonds is 5. The van der Waals surface area contributed by atoms with Gasteiger partial charge in [0.15, 0.2) is 9.84 Å². The van der Waals surface area contributed by atoms with Gasteiger partial charge < -0.3 is 9.84 Å². The highest BCUT2D eigenvalue weighted by Crippen LogP contribution is 2.21. The predicted molar refractivity (Wildman–Crippen MR) is 70.0 cm³/mol. The van der Waals surface area contributed by atoms with Crippen LogP contribution in [0.3, 0.4) is 0 Å². The second-order valence-electron chi connectivity index (χ2n) is 4.90. The second kappa shape index (κ2) is 5.21. The van der Waals surface area contributed by atoms with Gasteiger partial charge in [0, 0.05) is 0 Å². The van der Waals surface area contributed by atoms with Crippen LogP contribution < -0.4 is 4.74 Å². The van der Waals surface area contributed by atoms with Gasteiger partial charge in [-0.15, -0.1) is 0 Å². The first-order valence-corrected chi connectivity index (χ1v) is 7.87. The fourth-order valence-corrected chi connectivity index (χ4v) is 3.09. The van der Waals surface area contributed by atoms with Gasteiger partial charge in [-0.25, -0.2) is 8.42 Å². The lowest BCUT2D eigenvalue weighted by atomic mass is 10.0. The molecule has 1 saturated heterocycles. The van der Waals surface area contributed by atoms with Crippen molar-refractivity contribution in [2.75, 3.05) is 11.5 Å². The zero-order valence-corrected chi connectivity index (χ0v) is 11.4. The molecular weight excluding hydrogens is 268 g/mol. The first kappa shape index (κ1) is 13.9. The van der Waals surface area contributed by atoms with Crippen LogP contribution in [-0.2, 0) is 21.1 Å². The molecule has 104 valence electrons. The average molecular weight is 284 g/mol.